The van der Waals surface area contributed by atoms with Gasteiger partial charge in [-0.05, 0) is 69.6 Å². The number of hydrogen-bond donors (Lipinski definition) is 1. The Morgan fingerprint density at radius 1 is 1.06 bits per heavy atom. The lowest BCUT2D eigenvalue weighted by Gasteiger charge is -2.29. The van der Waals surface area contributed by atoms with E-state index in [1.807, 2.05) is 6.08 Å². The van der Waals surface area contributed by atoms with Crippen LogP contribution in [-0.2, 0) is 18.9 Å². The summed E-state index contributed by atoms with van der Waals surface area (Å²) in [5.74, 6) is 15.1. The van der Waals surface area contributed by atoms with Gasteiger partial charge in [0.25, 0.3) is 0 Å². The van der Waals surface area contributed by atoms with Gasteiger partial charge in [-0.3, -0.25) is 0 Å². The molecule has 0 aromatic rings. The second kappa shape index (κ2) is 13.8. The summed E-state index contributed by atoms with van der Waals surface area (Å²) in [5, 5.41) is 9.42. The molecule has 2 saturated carbocycles. The molecule has 0 spiro atoms. The van der Waals surface area contributed by atoms with Gasteiger partial charge in [-0.15, -0.1) is 11.8 Å². The van der Waals surface area contributed by atoms with Crippen LogP contribution in [0.2, 0.25) is 0 Å². The molecular formula is C30H44O5. The lowest BCUT2D eigenvalue weighted by molar-refractivity contribution is -0.192. The van der Waals surface area contributed by atoms with Crippen molar-refractivity contribution in [2.45, 2.75) is 109 Å². The molecule has 0 amide bonds. The molecule has 2 aliphatic heterocycles. The number of allylic oxidation sites excluding steroid dienone is 1. The van der Waals surface area contributed by atoms with E-state index in [1.165, 1.54) is 5.57 Å². The fraction of sp³-hybridized carbons (Fsp3) is 0.800. The van der Waals surface area contributed by atoms with E-state index in [9.17, 15) is 5.11 Å². The molecule has 2 unspecified atom stereocenters. The van der Waals surface area contributed by atoms with Crippen LogP contribution in [0.5, 0.6) is 0 Å². The summed E-state index contributed by atoms with van der Waals surface area (Å²) < 4.78 is 24.8. The lowest BCUT2D eigenvalue weighted by Crippen LogP contribution is -2.32. The topological polar surface area (TPSA) is 57.2 Å². The van der Waals surface area contributed by atoms with Crippen molar-refractivity contribution in [3.63, 3.8) is 0 Å². The summed E-state index contributed by atoms with van der Waals surface area (Å²) >= 11 is 0. The molecule has 8 atom stereocenters. The molecular weight excluding hydrogens is 440 g/mol. The minimum absolute atomic E-state index is 0.0954. The molecule has 4 fully saturated rings. The van der Waals surface area contributed by atoms with Crippen molar-refractivity contribution in [1.82, 2.24) is 0 Å². The quantitative estimate of drug-likeness (QED) is 0.397. The van der Waals surface area contributed by atoms with Crippen LogP contribution < -0.4 is 0 Å². The molecule has 2 saturated heterocycles. The molecule has 4 rings (SSSR count). The van der Waals surface area contributed by atoms with Gasteiger partial charge in [0.1, 0.15) is 6.10 Å². The number of rotatable bonds is 7. The van der Waals surface area contributed by atoms with E-state index in [4.69, 9.17) is 18.9 Å². The molecule has 194 valence electrons. The van der Waals surface area contributed by atoms with Gasteiger partial charge in [-0.25, -0.2) is 0 Å². The highest BCUT2D eigenvalue weighted by atomic mass is 16.7. The lowest BCUT2D eigenvalue weighted by atomic mass is 9.90. The van der Waals surface area contributed by atoms with Gasteiger partial charge in [0.2, 0.25) is 0 Å². The summed E-state index contributed by atoms with van der Waals surface area (Å²) in [6.07, 6.45) is 12.7. The number of fused-ring (bicyclic) bond motifs is 1. The van der Waals surface area contributed by atoms with Crippen molar-refractivity contribution >= 4 is 0 Å². The van der Waals surface area contributed by atoms with E-state index >= 15 is 0 Å². The Kier molecular flexibility index (Phi) is 10.6. The van der Waals surface area contributed by atoms with Gasteiger partial charge in [0.15, 0.2) is 12.6 Å². The summed E-state index contributed by atoms with van der Waals surface area (Å²) in [4.78, 5) is 0. The van der Waals surface area contributed by atoms with Crippen molar-refractivity contribution < 1.29 is 24.1 Å². The second-order valence-electron chi connectivity index (χ2n) is 10.6. The molecule has 2 heterocycles. The Hall–Kier alpha value is -1.34. The van der Waals surface area contributed by atoms with Gasteiger partial charge in [-0.2, -0.15) is 0 Å². The van der Waals surface area contributed by atoms with Gasteiger partial charge in [-0.1, -0.05) is 37.3 Å². The van der Waals surface area contributed by atoms with E-state index in [0.717, 1.165) is 83.8 Å². The largest absolute Gasteiger partial charge is 0.392 e. The van der Waals surface area contributed by atoms with Crippen LogP contribution >= 0.6 is 0 Å². The number of hydrogen-bond acceptors (Lipinski definition) is 5. The maximum atomic E-state index is 9.42. The highest BCUT2D eigenvalue weighted by molar-refractivity contribution is 5.22. The van der Waals surface area contributed by atoms with Crippen molar-refractivity contribution in [3.8, 4) is 23.7 Å². The minimum Gasteiger partial charge on any atom is -0.392 e. The third-order valence-corrected chi connectivity index (χ3v) is 7.94. The van der Waals surface area contributed by atoms with Crippen molar-refractivity contribution in [3.05, 3.63) is 11.6 Å². The van der Waals surface area contributed by atoms with E-state index in [-0.39, 0.29) is 43.2 Å². The first-order valence-electron chi connectivity index (χ1n) is 14.0. The molecule has 5 nitrogen and oxygen atoms in total. The zero-order chi connectivity index (χ0) is 24.5. The third kappa shape index (κ3) is 7.58. The smallest absolute Gasteiger partial charge is 0.159 e. The SMILES string of the molecule is CCC#CC[C@@H](C)[C@@H](C#C[C@@H]1[C@H]2C/C(=C\CO)C[C@H]2C[C@H]1OC1CCCCO1)OC1CCCCO1. The van der Waals surface area contributed by atoms with Crippen LogP contribution in [0.15, 0.2) is 11.6 Å². The average molecular weight is 485 g/mol. The molecule has 0 aromatic heterocycles. The molecule has 0 bridgehead atoms. The number of ether oxygens (including phenoxy) is 4. The third-order valence-electron chi connectivity index (χ3n) is 7.94. The van der Waals surface area contributed by atoms with Crippen LogP contribution in [0, 0.1) is 47.4 Å². The van der Waals surface area contributed by atoms with E-state index in [0.29, 0.717) is 11.8 Å². The first-order chi connectivity index (χ1) is 17.2. The maximum Gasteiger partial charge on any atom is 0.159 e. The zero-order valence-corrected chi connectivity index (χ0v) is 21.7. The average Bonchev–Trinajstić information content (AvgIpc) is 3.40. The highest BCUT2D eigenvalue weighted by Crippen LogP contribution is 2.51. The van der Waals surface area contributed by atoms with Crippen molar-refractivity contribution in [1.29, 1.82) is 0 Å². The Labute approximate surface area is 212 Å². The number of aliphatic hydroxyl groups is 1. The van der Waals surface area contributed by atoms with E-state index in [2.05, 4.69) is 37.5 Å². The second-order valence-corrected chi connectivity index (χ2v) is 10.6. The van der Waals surface area contributed by atoms with Crippen LogP contribution in [-0.4, -0.2) is 49.7 Å². The molecule has 5 heteroatoms. The molecule has 1 N–H and O–H groups in total. The molecule has 2 aliphatic carbocycles. The standard InChI is InChI=1S/C30H44O5/c1-3-4-5-10-22(2)27(34-29-11-6-8-17-32-29)14-13-25-26-20-23(15-16-31)19-24(26)21-28(25)35-30-12-7-9-18-33-30/h15,22,24-31H,3,6-12,16-21H2,1-2H3/b23-15-/t22-,24+,25-,26+,27-,28-,29?,30?/m1/s1. The summed E-state index contributed by atoms with van der Waals surface area (Å²) in [6, 6.07) is 0. The maximum absolute atomic E-state index is 9.42. The number of aliphatic hydroxyl groups excluding tert-OH is 1. The van der Waals surface area contributed by atoms with Crippen molar-refractivity contribution in [2.24, 2.45) is 23.7 Å². The summed E-state index contributed by atoms with van der Waals surface area (Å²) in [5.41, 5.74) is 1.37. The first kappa shape index (κ1) is 26.7. The van der Waals surface area contributed by atoms with Crippen molar-refractivity contribution in [2.75, 3.05) is 19.8 Å². The first-order valence-corrected chi connectivity index (χ1v) is 14.0. The van der Waals surface area contributed by atoms with Crippen LogP contribution in [0.3, 0.4) is 0 Å². The minimum atomic E-state index is -0.205. The zero-order valence-electron chi connectivity index (χ0n) is 21.7. The predicted octanol–water partition coefficient (Wildman–Crippen LogP) is 5.22. The Bertz CT molecular complexity index is 802. The Morgan fingerprint density at radius 3 is 2.51 bits per heavy atom. The summed E-state index contributed by atoms with van der Waals surface area (Å²) in [7, 11) is 0. The van der Waals surface area contributed by atoms with Crippen LogP contribution in [0.1, 0.15) is 84.5 Å². The fourth-order valence-corrected chi connectivity index (χ4v) is 6.03. The molecule has 35 heavy (non-hydrogen) atoms. The van der Waals surface area contributed by atoms with Gasteiger partial charge in [0, 0.05) is 32.0 Å². The van der Waals surface area contributed by atoms with Crippen LogP contribution in [0.4, 0.5) is 0 Å². The van der Waals surface area contributed by atoms with Gasteiger partial charge < -0.3 is 24.1 Å². The molecule has 0 aromatic carbocycles. The van der Waals surface area contributed by atoms with E-state index in [1.54, 1.807) is 0 Å². The molecule has 0 radical (unpaired) electrons. The monoisotopic (exact) mass is 484 g/mol. The van der Waals surface area contributed by atoms with Gasteiger partial charge >= 0.3 is 0 Å². The predicted molar refractivity (Wildman–Crippen MR) is 136 cm³/mol. The van der Waals surface area contributed by atoms with Gasteiger partial charge in [0.05, 0.1) is 18.6 Å². The Balaban J connectivity index is 1.51. The Morgan fingerprint density at radius 2 is 1.83 bits per heavy atom. The summed E-state index contributed by atoms with van der Waals surface area (Å²) in [6.45, 7) is 5.94. The normalized spacial score (nSPS) is 35.5. The fourth-order valence-electron chi connectivity index (χ4n) is 6.03. The highest BCUT2D eigenvalue weighted by Gasteiger charge is 2.47. The van der Waals surface area contributed by atoms with Crippen LogP contribution in [0.25, 0.3) is 0 Å². The van der Waals surface area contributed by atoms with E-state index < -0.39 is 0 Å². The molecule has 4 aliphatic rings.